The van der Waals surface area contributed by atoms with Gasteiger partial charge in [0.15, 0.2) is 0 Å². The Morgan fingerprint density at radius 2 is 2.04 bits per heavy atom. The Balaban J connectivity index is 1.44. The molecule has 2 N–H and O–H groups in total. The molecule has 0 bridgehead atoms. The van der Waals surface area contributed by atoms with Gasteiger partial charge >= 0.3 is 0 Å². The lowest BCUT2D eigenvalue weighted by atomic mass is 10.2. The minimum Gasteiger partial charge on any atom is -0.378 e. The molecule has 8 nitrogen and oxygen atoms in total. The van der Waals surface area contributed by atoms with Gasteiger partial charge in [-0.1, -0.05) is 12.1 Å². The number of ether oxygens (including phenoxy) is 2. The van der Waals surface area contributed by atoms with Crippen molar-refractivity contribution in [3.63, 3.8) is 0 Å². The van der Waals surface area contributed by atoms with Crippen LogP contribution in [0.5, 0.6) is 0 Å². The lowest BCUT2D eigenvalue weighted by Crippen LogP contribution is -2.36. The Kier molecular flexibility index (Phi) is 5.98. The van der Waals surface area contributed by atoms with Crippen molar-refractivity contribution in [3.8, 4) is 0 Å². The average Bonchev–Trinajstić information content (AvgIpc) is 3.27. The van der Waals surface area contributed by atoms with E-state index in [9.17, 15) is 4.79 Å². The molecule has 3 heterocycles. The van der Waals surface area contributed by atoms with Crippen LogP contribution in [0.15, 0.2) is 36.7 Å². The largest absolute Gasteiger partial charge is 0.378 e. The topological polar surface area (TPSA) is 88.6 Å². The normalized spacial score (nSPS) is 19.4. The summed E-state index contributed by atoms with van der Waals surface area (Å²) in [4.78, 5) is 23.1. The zero-order chi connectivity index (χ0) is 19.2. The third kappa shape index (κ3) is 4.58. The summed E-state index contributed by atoms with van der Waals surface area (Å²) in [5, 5.41) is 6.21. The second-order valence-corrected chi connectivity index (χ2v) is 6.88. The standard InChI is InChI=1S/C20H25N5O3/c26-20(21-13-15-4-3-9-28-15)17-12-19(23-14-22-17)24-16-5-1-2-6-18(16)25-7-10-27-11-8-25/h1-2,5-6,12,14-15H,3-4,7-11,13H2,(H,21,26)(H,22,23,24). The van der Waals surface area contributed by atoms with Gasteiger partial charge in [-0.15, -0.1) is 0 Å². The van der Waals surface area contributed by atoms with Crippen LogP contribution in [0.4, 0.5) is 17.2 Å². The smallest absolute Gasteiger partial charge is 0.270 e. The highest BCUT2D eigenvalue weighted by Crippen LogP contribution is 2.28. The van der Waals surface area contributed by atoms with E-state index in [4.69, 9.17) is 9.47 Å². The first kappa shape index (κ1) is 18.6. The van der Waals surface area contributed by atoms with Gasteiger partial charge in [0.05, 0.1) is 30.7 Å². The predicted molar refractivity (Wildman–Crippen MR) is 106 cm³/mol. The second-order valence-electron chi connectivity index (χ2n) is 6.88. The number of carbonyl (C=O) groups excluding carboxylic acids is 1. The number of nitrogens with zero attached hydrogens (tertiary/aromatic N) is 3. The van der Waals surface area contributed by atoms with Crippen molar-refractivity contribution in [1.82, 2.24) is 15.3 Å². The molecular weight excluding hydrogens is 358 g/mol. The fourth-order valence-electron chi connectivity index (χ4n) is 3.45. The Bertz CT molecular complexity index is 804. The van der Waals surface area contributed by atoms with E-state index in [-0.39, 0.29) is 12.0 Å². The van der Waals surface area contributed by atoms with E-state index in [0.29, 0.717) is 18.1 Å². The Morgan fingerprint density at radius 1 is 1.18 bits per heavy atom. The van der Waals surface area contributed by atoms with Crippen molar-refractivity contribution in [2.45, 2.75) is 18.9 Å². The molecule has 1 aromatic carbocycles. The average molecular weight is 383 g/mol. The third-order valence-corrected chi connectivity index (χ3v) is 4.93. The number of amides is 1. The number of nitrogens with one attached hydrogen (secondary N) is 2. The van der Waals surface area contributed by atoms with Crippen molar-refractivity contribution in [2.75, 3.05) is 49.7 Å². The summed E-state index contributed by atoms with van der Waals surface area (Å²) >= 11 is 0. The van der Waals surface area contributed by atoms with Crippen molar-refractivity contribution in [1.29, 1.82) is 0 Å². The number of benzene rings is 1. The molecule has 2 aromatic rings. The number of hydrogen-bond acceptors (Lipinski definition) is 7. The Hall–Kier alpha value is -2.71. The van der Waals surface area contributed by atoms with Gasteiger partial charge in [-0.2, -0.15) is 0 Å². The number of hydrogen-bond donors (Lipinski definition) is 2. The maximum atomic E-state index is 12.4. The fraction of sp³-hybridized carbons (Fsp3) is 0.450. The van der Waals surface area contributed by atoms with Gasteiger partial charge in [-0.25, -0.2) is 9.97 Å². The van der Waals surface area contributed by atoms with E-state index in [0.717, 1.165) is 57.1 Å². The third-order valence-electron chi connectivity index (χ3n) is 4.93. The first-order valence-electron chi connectivity index (χ1n) is 9.70. The zero-order valence-corrected chi connectivity index (χ0v) is 15.8. The SMILES string of the molecule is O=C(NCC1CCCO1)c1cc(Nc2ccccc2N2CCOCC2)ncn1. The van der Waals surface area contributed by atoms with Crippen LogP contribution in [0.25, 0.3) is 0 Å². The molecule has 1 unspecified atom stereocenters. The van der Waals surface area contributed by atoms with Gasteiger partial charge in [0.25, 0.3) is 5.91 Å². The van der Waals surface area contributed by atoms with Crippen LogP contribution in [-0.2, 0) is 9.47 Å². The molecule has 0 radical (unpaired) electrons. The summed E-state index contributed by atoms with van der Waals surface area (Å²) in [5.74, 6) is 0.361. The highest BCUT2D eigenvalue weighted by atomic mass is 16.5. The van der Waals surface area contributed by atoms with Crippen molar-refractivity contribution >= 4 is 23.1 Å². The quantitative estimate of drug-likeness (QED) is 0.788. The van der Waals surface area contributed by atoms with Crippen LogP contribution in [0.2, 0.25) is 0 Å². The number of anilines is 3. The summed E-state index contributed by atoms with van der Waals surface area (Å²) in [5.41, 5.74) is 2.36. The van der Waals surface area contributed by atoms with Crippen LogP contribution >= 0.6 is 0 Å². The molecule has 1 amide bonds. The molecule has 0 aliphatic carbocycles. The number of para-hydroxylation sites is 2. The molecule has 1 atom stereocenters. The first-order chi connectivity index (χ1) is 13.8. The van der Waals surface area contributed by atoms with Crippen molar-refractivity contribution < 1.29 is 14.3 Å². The highest BCUT2D eigenvalue weighted by Gasteiger charge is 2.18. The van der Waals surface area contributed by atoms with E-state index in [1.807, 2.05) is 18.2 Å². The molecular formula is C20H25N5O3. The highest BCUT2D eigenvalue weighted by molar-refractivity contribution is 5.93. The van der Waals surface area contributed by atoms with Crippen LogP contribution < -0.4 is 15.5 Å². The molecule has 2 aliphatic rings. The second kappa shape index (κ2) is 8.99. The minimum absolute atomic E-state index is 0.101. The molecule has 2 saturated heterocycles. The number of morpholine rings is 1. The molecule has 1 aromatic heterocycles. The summed E-state index contributed by atoms with van der Waals surface area (Å²) in [7, 11) is 0. The number of carbonyl (C=O) groups is 1. The summed E-state index contributed by atoms with van der Waals surface area (Å²) in [6.45, 7) is 4.41. The van der Waals surface area contributed by atoms with Gasteiger partial charge < -0.3 is 25.0 Å². The maximum absolute atomic E-state index is 12.4. The summed E-state index contributed by atoms with van der Waals surface area (Å²) < 4.78 is 11.0. The molecule has 2 aliphatic heterocycles. The van der Waals surface area contributed by atoms with Gasteiger partial charge in [-0.3, -0.25) is 4.79 Å². The number of aromatic nitrogens is 2. The molecule has 2 fully saturated rings. The van der Waals surface area contributed by atoms with Gasteiger partial charge in [0.1, 0.15) is 17.8 Å². The van der Waals surface area contributed by atoms with Crippen LogP contribution in [0.1, 0.15) is 23.3 Å². The van der Waals surface area contributed by atoms with Crippen molar-refractivity contribution in [2.24, 2.45) is 0 Å². The predicted octanol–water partition coefficient (Wildman–Crippen LogP) is 1.97. The minimum atomic E-state index is -0.220. The molecule has 28 heavy (non-hydrogen) atoms. The molecule has 8 heteroatoms. The maximum Gasteiger partial charge on any atom is 0.270 e. The van der Waals surface area contributed by atoms with E-state index in [1.165, 1.54) is 6.33 Å². The first-order valence-corrected chi connectivity index (χ1v) is 9.70. The molecule has 0 spiro atoms. The fourth-order valence-corrected chi connectivity index (χ4v) is 3.45. The van der Waals surface area contributed by atoms with E-state index < -0.39 is 0 Å². The van der Waals surface area contributed by atoms with Gasteiger partial charge in [0, 0.05) is 32.3 Å². The lowest BCUT2D eigenvalue weighted by molar-refractivity contribution is 0.0853. The molecule has 0 saturated carbocycles. The Morgan fingerprint density at radius 3 is 2.86 bits per heavy atom. The van der Waals surface area contributed by atoms with Gasteiger partial charge in [0.2, 0.25) is 0 Å². The van der Waals surface area contributed by atoms with Crippen LogP contribution in [-0.4, -0.2) is 61.4 Å². The van der Waals surface area contributed by atoms with E-state index in [1.54, 1.807) is 6.07 Å². The van der Waals surface area contributed by atoms with Crippen molar-refractivity contribution in [3.05, 3.63) is 42.4 Å². The number of rotatable bonds is 6. The zero-order valence-electron chi connectivity index (χ0n) is 15.8. The van der Waals surface area contributed by atoms with E-state index in [2.05, 4.69) is 31.6 Å². The van der Waals surface area contributed by atoms with Crippen LogP contribution in [0.3, 0.4) is 0 Å². The summed E-state index contributed by atoms with van der Waals surface area (Å²) in [6, 6.07) is 9.73. The van der Waals surface area contributed by atoms with Crippen LogP contribution in [0, 0.1) is 0 Å². The lowest BCUT2D eigenvalue weighted by Gasteiger charge is -2.30. The van der Waals surface area contributed by atoms with E-state index >= 15 is 0 Å². The summed E-state index contributed by atoms with van der Waals surface area (Å²) in [6.07, 6.45) is 3.53. The van der Waals surface area contributed by atoms with Gasteiger partial charge in [-0.05, 0) is 25.0 Å². The Labute approximate surface area is 164 Å². The molecule has 148 valence electrons. The monoisotopic (exact) mass is 383 g/mol. The molecule has 4 rings (SSSR count).